The monoisotopic (exact) mass is 367 g/mol. The Kier molecular flexibility index (Phi) is 6.04. The Balaban J connectivity index is 1.60. The third-order valence-electron chi connectivity index (χ3n) is 3.51. The third-order valence-corrected chi connectivity index (χ3v) is 5.50. The summed E-state index contributed by atoms with van der Waals surface area (Å²) < 4.78 is 0. The molecule has 0 saturated heterocycles. The first kappa shape index (κ1) is 17.5. The number of carbonyl (C=O) groups excluding carboxylic acids is 2. The molecule has 25 heavy (non-hydrogen) atoms. The number of hydrogen-bond donors (Lipinski definition) is 1. The van der Waals surface area contributed by atoms with Gasteiger partial charge in [0.25, 0.3) is 0 Å². The second kappa shape index (κ2) is 8.65. The lowest BCUT2D eigenvalue weighted by molar-refractivity contribution is -0.116. The van der Waals surface area contributed by atoms with Crippen LogP contribution in [0.2, 0.25) is 0 Å². The molecule has 1 amide bonds. The van der Waals surface area contributed by atoms with Gasteiger partial charge in [-0.25, -0.2) is 0 Å². The van der Waals surface area contributed by atoms with Gasteiger partial charge in [0, 0.05) is 22.6 Å². The van der Waals surface area contributed by atoms with E-state index in [9.17, 15) is 9.59 Å². The van der Waals surface area contributed by atoms with Crippen LogP contribution in [0.5, 0.6) is 0 Å². The largest absolute Gasteiger partial charge is 0.325 e. The highest BCUT2D eigenvalue weighted by molar-refractivity contribution is 7.99. The Morgan fingerprint density at radius 2 is 1.64 bits per heavy atom. The number of Topliss-reactive ketones (excluding diaryl/α,β-unsaturated/α-hetero) is 1. The summed E-state index contributed by atoms with van der Waals surface area (Å²) in [7, 11) is 0. The fourth-order valence-corrected chi connectivity index (χ4v) is 3.89. The zero-order valence-corrected chi connectivity index (χ0v) is 15.1. The molecule has 3 rings (SSSR count). The van der Waals surface area contributed by atoms with E-state index in [-0.39, 0.29) is 24.5 Å². The molecule has 1 aromatic heterocycles. The van der Waals surface area contributed by atoms with Gasteiger partial charge in [-0.3, -0.25) is 9.59 Å². The summed E-state index contributed by atoms with van der Waals surface area (Å²) in [4.78, 5) is 27.0. The van der Waals surface area contributed by atoms with Gasteiger partial charge in [-0.05, 0) is 35.7 Å². The summed E-state index contributed by atoms with van der Waals surface area (Å²) >= 11 is 3.00. The fourth-order valence-electron chi connectivity index (χ4n) is 2.27. The number of para-hydroxylation sites is 1. The molecule has 1 heterocycles. The zero-order chi connectivity index (χ0) is 17.5. The molecule has 2 aromatic carbocycles. The van der Waals surface area contributed by atoms with Crippen LogP contribution in [0.3, 0.4) is 0 Å². The molecule has 0 fully saturated rings. The van der Waals surface area contributed by atoms with Crippen molar-refractivity contribution in [1.82, 2.24) is 0 Å². The Bertz CT molecular complexity index is 845. The van der Waals surface area contributed by atoms with Crippen molar-refractivity contribution in [3.63, 3.8) is 0 Å². The van der Waals surface area contributed by atoms with Crippen LogP contribution in [0.4, 0.5) is 5.69 Å². The van der Waals surface area contributed by atoms with Crippen molar-refractivity contribution in [3.8, 4) is 0 Å². The van der Waals surface area contributed by atoms with Crippen molar-refractivity contribution in [3.05, 3.63) is 77.0 Å². The van der Waals surface area contributed by atoms with Crippen molar-refractivity contribution in [1.29, 1.82) is 0 Å². The minimum Gasteiger partial charge on any atom is -0.325 e. The van der Waals surface area contributed by atoms with Gasteiger partial charge in [-0.1, -0.05) is 48.2 Å². The molecule has 0 atom stereocenters. The SMILES string of the molecule is O=C(CCC(=O)c1cccs1)Nc1ccccc1Sc1ccccc1. The number of benzene rings is 2. The molecule has 3 nitrogen and oxygen atoms in total. The molecule has 3 aromatic rings. The Hall–Kier alpha value is -2.37. The summed E-state index contributed by atoms with van der Waals surface area (Å²) in [6.45, 7) is 0. The summed E-state index contributed by atoms with van der Waals surface area (Å²) in [6.07, 6.45) is 0.404. The lowest BCUT2D eigenvalue weighted by Gasteiger charge is -2.10. The summed E-state index contributed by atoms with van der Waals surface area (Å²) in [5.41, 5.74) is 0.768. The minimum atomic E-state index is -0.147. The van der Waals surface area contributed by atoms with Crippen molar-refractivity contribution in [2.24, 2.45) is 0 Å². The highest BCUT2D eigenvalue weighted by atomic mass is 32.2. The van der Waals surface area contributed by atoms with Crippen LogP contribution >= 0.6 is 23.1 Å². The Morgan fingerprint density at radius 3 is 2.40 bits per heavy atom. The molecule has 0 spiro atoms. The third kappa shape index (κ3) is 5.05. The van der Waals surface area contributed by atoms with Crippen LogP contribution < -0.4 is 5.32 Å². The molecule has 0 aliphatic rings. The minimum absolute atomic E-state index is 0.0112. The van der Waals surface area contributed by atoms with Crippen LogP contribution in [0.1, 0.15) is 22.5 Å². The van der Waals surface area contributed by atoms with Crippen molar-refractivity contribution in [2.75, 3.05) is 5.32 Å². The fraction of sp³-hybridized carbons (Fsp3) is 0.100. The standard InChI is InChI=1S/C20H17NO2S2/c22-17(19-11-6-14-24-19)12-13-20(23)21-16-9-4-5-10-18(16)25-15-7-2-1-3-8-15/h1-11,14H,12-13H2,(H,21,23). The lowest BCUT2D eigenvalue weighted by atomic mass is 10.2. The molecule has 5 heteroatoms. The Labute approximate surface area is 155 Å². The molecule has 126 valence electrons. The molecule has 0 bridgehead atoms. The number of carbonyl (C=O) groups is 2. The molecular formula is C20H17NO2S2. The van der Waals surface area contributed by atoms with Crippen LogP contribution in [0.25, 0.3) is 0 Å². The second-order valence-electron chi connectivity index (χ2n) is 5.36. The quantitative estimate of drug-likeness (QED) is 0.561. The maximum Gasteiger partial charge on any atom is 0.224 e. The predicted octanol–water partition coefficient (Wildman–Crippen LogP) is 5.50. The second-order valence-corrected chi connectivity index (χ2v) is 7.42. The molecule has 0 saturated carbocycles. The highest BCUT2D eigenvalue weighted by Gasteiger charge is 2.12. The normalized spacial score (nSPS) is 10.4. The lowest BCUT2D eigenvalue weighted by Crippen LogP contribution is -2.13. The van der Waals surface area contributed by atoms with E-state index in [1.807, 2.05) is 66.0 Å². The first-order chi connectivity index (χ1) is 12.2. The van der Waals surface area contributed by atoms with E-state index >= 15 is 0 Å². The smallest absolute Gasteiger partial charge is 0.224 e. The van der Waals surface area contributed by atoms with E-state index in [0.29, 0.717) is 4.88 Å². The van der Waals surface area contributed by atoms with Gasteiger partial charge >= 0.3 is 0 Å². The number of rotatable bonds is 7. The van der Waals surface area contributed by atoms with E-state index in [0.717, 1.165) is 15.5 Å². The molecule has 0 aliphatic heterocycles. The summed E-state index contributed by atoms with van der Waals surface area (Å²) in [6, 6.07) is 21.3. The van der Waals surface area contributed by atoms with Crippen LogP contribution in [-0.4, -0.2) is 11.7 Å². The molecule has 0 unspecified atom stereocenters. The van der Waals surface area contributed by atoms with E-state index in [2.05, 4.69) is 5.32 Å². The first-order valence-corrected chi connectivity index (χ1v) is 9.60. The number of nitrogens with one attached hydrogen (secondary N) is 1. The summed E-state index contributed by atoms with van der Waals surface area (Å²) in [5, 5.41) is 4.79. The van der Waals surface area contributed by atoms with Gasteiger partial charge < -0.3 is 5.32 Å². The van der Waals surface area contributed by atoms with Crippen molar-refractivity contribution >= 4 is 40.5 Å². The van der Waals surface area contributed by atoms with E-state index in [4.69, 9.17) is 0 Å². The van der Waals surface area contributed by atoms with Gasteiger partial charge in [0.15, 0.2) is 5.78 Å². The van der Waals surface area contributed by atoms with Crippen LogP contribution in [-0.2, 0) is 4.79 Å². The molecule has 0 aliphatic carbocycles. The maximum absolute atomic E-state index is 12.2. The van der Waals surface area contributed by atoms with E-state index < -0.39 is 0 Å². The van der Waals surface area contributed by atoms with Crippen molar-refractivity contribution in [2.45, 2.75) is 22.6 Å². The Morgan fingerprint density at radius 1 is 0.880 bits per heavy atom. The number of hydrogen-bond acceptors (Lipinski definition) is 4. The molecule has 0 radical (unpaired) electrons. The topological polar surface area (TPSA) is 46.2 Å². The van der Waals surface area contributed by atoms with E-state index in [1.54, 1.807) is 17.8 Å². The van der Waals surface area contributed by atoms with Crippen LogP contribution in [0, 0.1) is 0 Å². The van der Waals surface area contributed by atoms with E-state index in [1.165, 1.54) is 11.3 Å². The van der Waals surface area contributed by atoms with Gasteiger partial charge in [0.2, 0.25) is 5.91 Å². The zero-order valence-electron chi connectivity index (χ0n) is 13.5. The first-order valence-electron chi connectivity index (χ1n) is 7.91. The number of amides is 1. The number of ketones is 1. The average molecular weight is 367 g/mol. The van der Waals surface area contributed by atoms with Gasteiger partial charge in [-0.2, -0.15) is 0 Å². The van der Waals surface area contributed by atoms with Gasteiger partial charge in [-0.15, -0.1) is 11.3 Å². The summed E-state index contributed by atoms with van der Waals surface area (Å²) in [5.74, 6) is -0.136. The van der Waals surface area contributed by atoms with Crippen LogP contribution in [0.15, 0.2) is 81.9 Å². The average Bonchev–Trinajstić information content (AvgIpc) is 3.17. The van der Waals surface area contributed by atoms with Crippen molar-refractivity contribution < 1.29 is 9.59 Å². The maximum atomic E-state index is 12.2. The molecule has 1 N–H and O–H groups in total. The number of thiophene rings is 1. The highest BCUT2D eigenvalue weighted by Crippen LogP contribution is 2.33. The predicted molar refractivity (Wildman–Crippen MR) is 104 cm³/mol. The van der Waals surface area contributed by atoms with Gasteiger partial charge in [0.1, 0.15) is 0 Å². The van der Waals surface area contributed by atoms with Gasteiger partial charge in [0.05, 0.1) is 10.6 Å². The number of anilines is 1. The molecular weight excluding hydrogens is 350 g/mol.